The molecule has 0 bridgehead atoms. The van der Waals surface area contributed by atoms with E-state index in [4.69, 9.17) is 4.74 Å². The van der Waals surface area contributed by atoms with Gasteiger partial charge in [-0.05, 0) is 38.1 Å². The zero-order chi connectivity index (χ0) is 14.5. The van der Waals surface area contributed by atoms with Crippen LogP contribution in [0.1, 0.15) is 24.2 Å². The number of hydrogen-bond acceptors (Lipinski definition) is 3. The lowest BCUT2D eigenvalue weighted by Crippen LogP contribution is -2.17. The Hall–Kier alpha value is -1.98. The average molecular weight is 274 g/mol. The number of aldehydes is 1. The highest BCUT2D eigenvalue weighted by atomic mass is 19.4. The van der Waals surface area contributed by atoms with Gasteiger partial charge in [-0.2, -0.15) is 0 Å². The minimum atomic E-state index is -4.79. The average Bonchev–Trinajstić information content (AvgIpc) is 2.28. The van der Waals surface area contributed by atoms with E-state index in [0.29, 0.717) is 6.29 Å². The fraction of sp³-hybridized carbons (Fsp3) is 0.308. The van der Waals surface area contributed by atoms with Crippen molar-refractivity contribution in [1.82, 2.24) is 0 Å². The third kappa shape index (κ3) is 5.46. The van der Waals surface area contributed by atoms with Crippen LogP contribution in [0.2, 0.25) is 0 Å². The van der Waals surface area contributed by atoms with Crippen LogP contribution < -0.4 is 9.47 Å². The number of ether oxygens (including phenoxy) is 2. The Bertz CT molecular complexity index is 475. The normalized spacial score (nSPS) is 10.8. The monoisotopic (exact) mass is 274 g/mol. The van der Waals surface area contributed by atoms with Crippen molar-refractivity contribution >= 4 is 6.29 Å². The molecular formula is C13H13F3O3. The summed E-state index contributed by atoms with van der Waals surface area (Å²) in [6, 6.07) is 3.35. The second-order valence-corrected chi connectivity index (χ2v) is 3.96. The molecule has 0 aliphatic carbocycles. The van der Waals surface area contributed by atoms with Gasteiger partial charge in [-0.1, -0.05) is 5.57 Å². The molecule has 0 unspecified atom stereocenters. The molecular weight excluding hydrogens is 261 g/mol. The zero-order valence-electron chi connectivity index (χ0n) is 10.5. The van der Waals surface area contributed by atoms with E-state index >= 15 is 0 Å². The second kappa shape index (κ2) is 6.26. The first kappa shape index (κ1) is 15.1. The largest absolute Gasteiger partial charge is 0.573 e. The Balaban J connectivity index is 2.84. The van der Waals surface area contributed by atoms with Crippen LogP contribution in [0.15, 0.2) is 29.8 Å². The molecule has 0 N–H and O–H groups in total. The van der Waals surface area contributed by atoms with E-state index in [2.05, 4.69) is 4.74 Å². The molecule has 1 aromatic carbocycles. The van der Waals surface area contributed by atoms with Gasteiger partial charge < -0.3 is 9.47 Å². The first-order valence-electron chi connectivity index (χ1n) is 5.43. The van der Waals surface area contributed by atoms with Gasteiger partial charge in [0.15, 0.2) is 6.29 Å². The number of alkyl halides is 3. The molecule has 6 heteroatoms. The minimum absolute atomic E-state index is 0.00362. The number of benzene rings is 1. The summed E-state index contributed by atoms with van der Waals surface area (Å²) >= 11 is 0. The molecule has 0 spiro atoms. The molecule has 0 saturated heterocycles. The molecule has 0 amide bonds. The smallest absolute Gasteiger partial charge is 0.489 e. The molecule has 0 radical (unpaired) electrons. The topological polar surface area (TPSA) is 35.5 Å². The van der Waals surface area contributed by atoms with Crippen LogP contribution in [0.4, 0.5) is 13.2 Å². The van der Waals surface area contributed by atoms with E-state index in [1.807, 2.05) is 13.8 Å². The molecule has 104 valence electrons. The Kier molecular flexibility index (Phi) is 4.97. The van der Waals surface area contributed by atoms with Crippen molar-refractivity contribution in [2.45, 2.75) is 20.2 Å². The van der Waals surface area contributed by atoms with Gasteiger partial charge in [0.05, 0.1) is 5.56 Å². The van der Waals surface area contributed by atoms with E-state index in [1.54, 1.807) is 6.08 Å². The number of halogens is 3. The zero-order valence-corrected chi connectivity index (χ0v) is 10.5. The molecule has 0 heterocycles. The Morgan fingerprint density at radius 2 is 2.00 bits per heavy atom. The summed E-state index contributed by atoms with van der Waals surface area (Å²) in [4.78, 5) is 10.8. The SMILES string of the molecule is CC(C)=CCOc1ccc(OC(F)(F)F)cc1C=O. The standard InChI is InChI=1S/C13H13F3O3/c1-9(2)5-6-18-12-4-3-11(7-10(12)8-17)19-13(14,15)16/h3-5,7-8H,6H2,1-2H3. The van der Waals surface area contributed by atoms with Crippen molar-refractivity contribution in [3.63, 3.8) is 0 Å². The summed E-state index contributed by atoms with van der Waals surface area (Å²) < 4.78 is 45.1. The van der Waals surface area contributed by atoms with E-state index < -0.39 is 12.1 Å². The quantitative estimate of drug-likeness (QED) is 0.606. The Morgan fingerprint density at radius 1 is 1.32 bits per heavy atom. The highest BCUT2D eigenvalue weighted by molar-refractivity contribution is 5.80. The number of rotatable bonds is 5. The van der Waals surface area contributed by atoms with Crippen LogP contribution in [-0.4, -0.2) is 19.3 Å². The van der Waals surface area contributed by atoms with Crippen LogP contribution >= 0.6 is 0 Å². The van der Waals surface area contributed by atoms with Gasteiger partial charge in [0, 0.05) is 0 Å². The maximum atomic E-state index is 12.0. The van der Waals surface area contributed by atoms with Gasteiger partial charge in [-0.15, -0.1) is 13.2 Å². The summed E-state index contributed by atoms with van der Waals surface area (Å²) in [6.45, 7) is 4.00. The van der Waals surface area contributed by atoms with Crippen LogP contribution in [0.5, 0.6) is 11.5 Å². The predicted molar refractivity (Wildman–Crippen MR) is 63.4 cm³/mol. The van der Waals surface area contributed by atoms with Crippen molar-refractivity contribution in [1.29, 1.82) is 0 Å². The molecule has 19 heavy (non-hydrogen) atoms. The summed E-state index contributed by atoms with van der Waals surface area (Å²) in [7, 11) is 0. The van der Waals surface area contributed by atoms with Crippen molar-refractivity contribution in [2.75, 3.05) is 6.61 Å². The van der Waals surface area contributed by atoms with Crippen molar-refractivity contribution in [3.05, 3.63) is 35.4 Å². The molecule has 0 aliphatic rings. The fourth-order valence-corrected chi connectivity index (χ4v) is 1.25. The lowest BCUT2D eigenvalue weighted by Gasteiger charge is -2.11. The van der Waals surface area contributed by atoms with Crippen molar-refractivity contribution in [3.8, 4) is 11.5 Å². The van der Waals surface area contributed by atoms with Gasteiger partial charge in [0.1, 0.15) is 18.1 Å². The molecule has 1 rings (SSSR count). The maximum absolute atomic E-state index is 12.0. The minimum Gasteiger partial charge on any atom is -0.489 e. The van der Waals surface area contributed by atoms with E-state index in [-0.39, 0.29) is 17.9 Å². The number of carbonyl (C=O) groups excluding carboxylic acids is 1. The first-order chi connectivity index (χ1) is 8.81. The molecule has 0 fully saturated rings. The number of hydrogen-bond donors (Lipinski definition) is 0. The Labute approximate surface area is 108 Å². The first-order valence-corrected chi connectivity index (χ1v) is 5.43. The van der Waals surface area contributed by atoms with Crippen LogP contribution in [0, 0.1) is 0 Å². The molecule has 1 aromatic rings. The van der Waals surface area contributed by atoms with E-state index in [9.17, 15) is 18.0 Å². The number of carbonyl (C=O) groups is 1. The van der Waals surface area contributed by atoms with Crippen LogP contribution in [0.25, 0.3) is 0 Å². The molecule has 0 atom stereocenters. The van der Waals surface area contributed by atoms with Crippen molar-refractivity contribution < 1.29 is 27.4 Å². The molecule has 3 nitrogen and oxygen atoms in total. The van der Waals surface area contributed by atoms with Crippen LogP contribution in [0.3, 0.4) is 0 Å². The lowest BCUT2D eigenvalue weighted by molar-refractivity contribution is -0.274. The maximum Gasteiger partial charge on any atom is 0.573 e. The van der Waals surface area contributed by atoms with Gasteiger partial charge in [0.25, 0.3) is 0 Å². The molecule has 0 aliphatic heterocycles. The highest BCUT2D eigenvalue weighted by Crippen LogP contribution is 2.27. The van der Waals surface area contributed by atoms with Gasteiger partial charge in [-0.3, -0.25) is 4.79 Å². The third-order valence-corrected chi connectivity index (χ3v) is 2.07. The van der Waals surface area contributed by atoms with Gasteiger partial charge in [-0.25, -0.2) is 0 Å². The van der Waals surface area contributed by atoms with Crippen LogP contribution in [-0.2, 0) is 0 Å². The highest BCUT2D eigenvalue weighted by Gasteiger charge is 2.31. The molecule has 0 saturated carbocycles. The number of allylic oxidation sites excluding steroid dienone is 1. The van der Waals surface area contributed by atoms with Crippen molar-refractivity contribution in [2.24, 2.45) is 0 Å². The van der Waals surface area contributed by atoms with E-state index in [1.165, 1.54) is 6.07 Å². The Morgan fingerprint density at radius 3 is 2.53 bits per heavy atom. The lowest BCUT2D eigenvalue weighted by atomic mass is 10.2. The summed E-state index contributed by atoms with van der Waals surface area (Å²) in [5.74, 6) is -0.244. The predicted octanol–water partition coefficient (Wildman–Crippen LogP) is 3.74. The van der Waals surface area contributed by atoms with Gasteiger partial charge in [0.2, 0.25) is 0 Å². The summed E-state index contributed by atoms with van der Waals surface area (Å²) in [5.41, 5.74) is 1.04. The van der Waals surface area contributed by atoms with Gasteiger partial charge >= 0.3 is 6.36 Å². The van der Waals surface area contributed by atoms with E-state index in [0.717, 1.165) is 17.7 Å². The summed E-state index contributed by atoms with van der Waals surface area (Å²) in [5, 5.41) is 0. The third-order valence-electron chi connectivity index (χ3n) is 2.07. The molecule has 0 aromatic heterocycles. The summed E-state index contributed by atoms with van der Waals surface area (Å²) in [6.07, 6.45) is -2.58. The second-order valence-electron chi connectivity index (χ2n) is 3.96. The fourth-order valence-electron chi connectivity index (χ4n) is 1.25.